The zero-order valence-corrected chi connectivity index (χ0v) is 44.4. The first-order chi connectivity index (χ1) is 38.8. The molecule has 0 aromatic carbocycles. The molecule has 0 saturated heterocycles. The number of carbonyl (C=O) groups excluding carboxylic acids is 3. The van der Waals surface area contributed by atoms with Gasteiger partial charge in [-0.05, 0) is 88.5 Å². The molecule has 0 radical (unpaired) electrons. The maximum atomic E-state index is 13.5. The van der Waals surface area contributed by atoms with Crippen LogP contribution < -0.4 is 42.5 Å². The van der Waals surface area contributed by atoms with E-state index in [2.05, 4.69) is 83.3 Å². The lowest BCUT2D eigenvalue weighted by Crippen LogP contribution is -2.49. The van der Waals surface area contributed by atoms with Gasteiger partial charge in [0.15, 0.2) is 45.6 Å². The summed E-state index contributed by atoms with van der Waals surface area (Å²) in [6.07, 6.45) is 4.82. The Morgan fingerprint density at radius 1 is 0.550 bits per heavy atom. The number of fused-ring (bicyclic) bond motifs is 2. The van der Waals surface area contributed by atoms with E-state index in [1.165, 1.54) is 22.2 Å². The fourth-order valence-corrected chi connectivity index (χ4v) is 11.2. The molecule has 0 bridgehead atoms. The van der Waals surface area contributed by atoms with Gasteiger partial charge < -0.3 is 82.3 Å². The summed E-state index contributed by atoms with van der Waals surface area (Å²) in [7, 11) is 0. The molecular weight excluding hydrogens is 1040 g/mol. The van der Waals surface area contributed by atoms with E-state index < -0.39 is 73.6 Å². The average molecular weight is 1120 g/mol. The minimum atomic E-state index is -1.29. The molecule has 10 rings (SSSR count). The van der Waals surface area contributed by atoms with Crippen LogP contribution in [-0.4, -0.2) is 215 Å². The molecule has 0 aliphatic heterocycles. The summed E-state index contributed by atoms with van der Waals surface area (Å²) in [6.45, 7) is 4.27. The van der Waals surface area contributed by atoms with Gasteiger partial charge in [-0.2, -0.15) is 29.5 Å². The van der Waals surface area contributed by atoms with Crippen LogP contribution in [0.5, 0.6) is 0 Å². The number of carbonyl (C=O) groups is 3. The number of urea groups is 1. The predicted molar refractivity (Wildman–Crippen MR) is 282 cm³/mol. The molecule has 6 heterocycles. The standard InChI is InChI=1S/C47H70N24O9/c1-3-70-64-31(62-66-70)13-15-48-45-58-41(35-43(60-45)68(21-50-35)29-17-27(37(76)39(29)78)56-33(74)19-72)52-23-5-9-25(10-6-23)54-47(80)55-26-11-7-24(8-12-26)53-42-36-44(61-46(59-42)49-16-14-32-63-67-71(4-2)65-32)69(22-51-36)30-18-28(38(77)40(30)79)57-34(75)20-73/h21-30,37-40,72-73,76-79H,3-20H2,1-2H3,(H,56,74)(H,57,75)(H2,54,55,80)(H2,48,52,58,60)(H2,49,53,59,61)/t23-,24-,25-,26-,27-,28-,29+,30+,37+,38+,39-,40-/m0/s1. The quantitative estimate of drug-likeness (QED) is 0.0323. The topological polar surface area (TPSA) is 443 Å². The number of tetrazole rings is 2. The summed E-state index contributed by atoms with van der Waals surface area (Å²) in [4.78, 5) is 69.0. The molecule has 4 aliphatic rings. The van der Waals surface area contributed by atoms with Crippen LogP contribution >= 0.6 is 0 Å². The second kappa shape index (κ2) is 24.8. The summed E-state index contributed by atoms with van der Waals surface area (Å²) in [5.41, 5.74) is 1.69. The van der Waals surface area contributed by atoms with E-state index >= 15 is 0 Å². The van der Waals surface area contributed by atoms with Gasteiger partial charge in [0.25, 0.3) is 0 Å². The third kappa shape index (κ3) is 12.5. The first kappa shape index (κ1) is 55.7. The van der Waals surface area contributed by atoms with Crippen molar-refractivity contribution in [3.8, 4) is 0 Å². The van der Waals surface area contributed by atoms with E-state index in [1.807, 2.05) is 13.8 Å². The molecule has 6 aromatic heterocycles. The first-order valence-corrected chi connectivity index (χ1v) is 27.4. The van der Waals surface area contributed by atoms with Crippen LogP contribution in [0.3, 0.4) is 0 Å². The van der Waals surface area contributed by atoms with Crippen LogP contribution in [0.4, 0.5) is 28.3 Å². The minimum Gasteiger partial charge on any atom is -0.388 e. The lowest BCUT2D eigenvalue weighted by molar-refractivity contribution is -0.126. The predicted octanol–water partition coefficient (Wildman–Crippen LogP) is -2.98. The van der Waals surface area contributed by atoms with E-state index in [0.717, 1.165) is 0 Å². The number of aryl methyl sites for hydroxylation is 2. The van der Waals surface area contributed by atoms with Crippen molar-refractivity contribution < 1.29 is 45.0 Å². The van der Waals surface area contributed by atoms with Gasteiger partial charge in [0, 0.05) is 50.1 Å². The van der Waals surface area contributed by atoms with Crippen molar-refractivity contribution in [3.05, 3.63) is 24.3 Å². The summed E-state index contributed by atoms with van der Waals surface area (Å²) in [6, 6.07) is -3.43. The normalized spacial score (nSPS) is 26.8. The van der Waals surface area contributed by atoms with Crippen LogP contribution in [-0.2, 0) is 35.5 Å². The lowest BCUT2D eigenvalue weighted by atomic mass is 9.90. The van der Waals surface area contributed by atoms with Crippen molar-refractivity contribution in [1.82, 2.24) is 101 Å². The Hall–Kier alpha value is -7.59. The number of hydrogen-bond acceptors (Lipinski definition) is 25. The second-order valence-corrected chi connectivity index (χ2v) is 20.8. The smallest absolute Gasteiger partial charge is 0.315 e. The van der Waals surface area contributed by atoms with Crippen molar-refractivity contribution in [1.29, 1.82) is 0 Å². The molecule has 0 unspecified atom stereocenters. The monoisotopic (exact) mass is 1110 g/mol. The Bertz CT molecular complexity index is 2880. The average Bonchev–Trinajstić information content (AvgIpc) is 4.44. The van der Waals surface area contributed by atoms with Gasteiger partial charge in [0.1, 0.15) is 37.6 Å². The van der Waals surface area contributed by atoms with Gasteiger partial charge in [0.2, 0.25) is 23.7 Å². The molecule has 4 aliphatic carbocycles. The SMILES string of the molecule is CCn1nnc(CCNc2nc(N[C@H]3CC[C@H](NC(=O)N[C@H]4CC[C@H](Nc5nc(NCCc6nnn(CC)n6)nc6c5ncn6[C@@H]5C[C@H](NC(=O)CO)[C@@H](O)[C@H]5O)CC4)CC3)c3ncn([C@@H]4C[C@H](NC(=O)CO)[C@@H](O)[C@H]4O)c3n2)n1. The van der Waals surface area contributed by atoms with Crippen LogP contribution in [0.15, 0.2) is 12.7 Å². The third-order valence-electron chi connectivity index (χ3n) is 15.5. The summed E-state index contributed by atoms with van der Waals surface area (Å²) in [5, 5.41) is 113. The molecule has 432 valence electrons. The number of aliphatic hydroxyl groups excluding tert-OH is 6. The molecule has 14 N–H and O–H groups in total. The Balaban J connectivity index is 0.742. The van der Waals surface area contributed by atoms with Crippen molar-refractivity contribution in [2.24, 2.45) is 0 Å². The Kier molecular flexibility index (Phi) is 17.3. The summed E-state index contributed by atoms with van der Waals surface area (Å²) in [5.74, 6) is 1.27. The second-order valence-electron chi connectivity index (χ2n) is 20.8. The van der Waals surface area contributed by atoms with Crippen molar-refractivity contribution in [3.63, 3.8) is 0 Å². The third-order valence-corrected chi connectivity index (χ3v) is 15.5. The molecule has 4 amide bonds. The van der Waals surface area contributed by atoms with Crippen LogP contribution in [0, 0.1) is 0 Å². The molecule has 33 heteroatoms. The fraction of sp³-hybridized carbons (Fsp3) is 0.681. The highest BCUT2D eigenvalue weighted by atomic mass is 16.3. The Labute approximate surface area is 456 Å². The van der Waals surface area contributed by atoms with E-state index in [0.29, 0.717) is 136 Å². The molecule has 8 atom stereocenters. The zero-order chi connectivity index (χ0) is 56.0. The molecule has 80 heavy (non-hydrogen) atoms. The van der Waals surface area contributed by atoms with Gasteiger partial charge in [0.05, 0.1) is 49.9 Å². The maximum absolute atomic E-state index is 13.5. The number of hydrogen-bond donors (Lipinski definition) is 14. The van der Waals surface area contributed by atoms with Gasteiger partial charge in [-0.1, -0.05) is 0 Å². The summed E-state index contributed by atoms with van der Waals surface area (Å²) < 4.78 is 3.35. The van der Waals surface area contributed by atoms with E-state index in [9.17, 15) is 45.0 Å². The van der Waals surface area contributed by atoms with Crippen molar-refractivity contribution >= 4 is 63.7 Å². The molecular formula is C47H70N24O9. The first-order valence-electron chi connectivity index (χ1n) is 27.4. The van der Waals surface area contributed by atoms with Gasteiger partial charge in [-0.25, -0.2) is 14.8 Å². The number of rotatable bonds is 22. The molecule has 33 nitrogen and oxygen atoms in total. The molecule has 0 spiro atoms. The van der Waals surface area contributed by atoms with Crippen molar-refractivity contribution in [2.75, 3.05) is 47.6 Å². The van der Waals surface area contributed by atoms with Gasteiger partial charge in [-0.3, -0.25) is 9.59 Å². The van der Waals surface area contributed by atoms with Crippen LogP contribution in [0.25, 0.3) is 22.3 Å². The van der Waals surface area contributed by atoms with Crippen LogP contribution in [0.1, 0.15) is 102 Å². The largest absolute Gasteiger partial charge is 0.388 e. The van der Waals surface area contributed by atoms with E-state index in [1.54, 1.807) is 9.13 Å². The molecule has 6 aromatic rings. The minimum absolute atomic E-state index is 0.0237. The highest BCUT2D eigenvalue weighted by Gasteiger charge is 2.45. The lowest BCUT2D eigenvalue weighted by Gasteiger charge is -2.32. The van der Waals surface area contributed by atoms with E-state index in [-0.39, 0.29) is 54.9 Å². The maximum Gasteiger partial charge on any atom is 0.315 e. The van der Waals surface area contributed by atoms with E-state index in [4.69, 9.17) is 19.9 Å². The van der Waals surface area contributed by atoms with Crippen molar-refractivity contribution in [2.45, 2.75) is 177 Å². The molecule has 4 fully saturated rings. The number of nitrogens with one attached hydrogen (secondary N) is 8. The number of amides is 4. The number of nitrogens with zero attached hydrogens (tertiary/aromatic N) is 16. The Morgan fingerprint density at radius 2 is 0.950 bits per heavy atom. The van der Waals surface area contributed by atoms with Gasteiger partial charge >= 0.3 is 6.03 Å². The number of anilines is 4. The van der Waals surface area contributed by atoms with Crippen LogP contribution in [0.2, 0.25) is 0 Å². The number of aliphatic hydroxyl groups is 6. The number of aromatic nitrogens is 16. The highest BCUT2D eigenvalue weighted by molar-refractivity contribution is 5.86. The molecule has 4 saturated carbocycles. The number of imidazole rings is 2. The Morgan fingerprint density at radius 3 is 1.32 bits per heavy atom. The summed E-state index contributed by atoms with van der Waals surface area (Å²) >= 11 is 0. The fourth-order valence-electron chi connectivity index (χ4n) is 11.2. The highest BCUT2D eigenvalue weighted by Crippen LogP contribution is 2.37. The van der Waals surface area contributed by atoms with Gasteiger partial charge in [-0.15, -0.1) is 20.4 Å². The zero-order valence-electron chi connectivity index (χ0n) is 44.4.